The van der Waals surface area contributed by atoms with E-state index >= 15 is 0 Å². The van der Waals surface area contributed by atoms with Crippen LogP contribution in [0.5, 0.6) is 0 Å². The number of rotatable bonds is 5. The average molecular weight is 594 g/mol. The number of aromatic nitrogens is 2. The smallest absolute Gasteiger partial charge is 0.348 e. The molecule has 5 rings (SSSR count). The second kappa shape index (κ2) is 11.4. The number of hydrogen-bond acceptors (Lipinski definition) is 7. The first kappa shape index (κ1) is 28.0. The summed E-state index contributed by atoms with van der Waals surface area (Å²) in [4.78, 5) is 28.0. The van der Waals surface area contributed by atoms with Crippen molar-refractivity contribution in [2.45, 2.75) is 24.9 Å². The topological polar surface area (TPSA) is 55.4 Å². The normalized spacial score (nSPS) is 14.4. The molecule has 1 aromatic carbocycles. The minimum absolute atomic E-state index is 0. The van der Waals surface area contributed by atoms with E-state index in [4.69, 9.17) is 4.74 Å². The number of nitrogens with zero attached hydrogens (tertiary/aromatic N) is 3. The van der Waals surface area contributed by atoms with Crippen LogP contribution >= 0.6 is 34.4 Å². The summed E-state index contributed by atoms with van der Waals surface area (Å²) in [5.41, 5.74) is 2.02. The predicted molar refractivity (Wildman–Crippen MR) is 142 cm³/mol. The van der Waals surface area contributed by atoms with E-state index in [9.17, 15) is 18.4 Å². The fourth-order valence-corrected chi connectivity index (χ4v) is 7.45. The third kappa shape index (κ3) is 4.91. The number of fused-ring (bicyclic) bond motifs is 1. The SMILES string of the molecule is CCn1c(=O)/c(=C2\Sc3c(ccc(F)c3F)N2C)s/c1=C\c1cccc[n+]1Cc1ccsc1C(=O)OC.[Cl-]. The van der Waals surface area contributed by atoms with Crippen LogP contribution in [0.4, 0.5) is 14.5 Å². The second-order valence-corrected chi connectivity index (χ2v) is 11.1. The summed E-state index contributed by atoms with van der Waals surface area (Å²) in [6, 6.07) is 10.3. The van der Waals surface area contributed by atoms with E-state index in [0.717, 1.165) is 33.7 Å². The van der Waals surface area contributed by atoms with Gasteiger partial charge in [-0.2, -0.15) is 4.57 Å². The van der Waals surface area contributed by atoms with Crippen molar-refractivity contribution in [3.8, 4) is 0 Å². The van der Waals surface area contributed by atoms with Crippen LogP contribution in [0.25, 0.3) is 11.1 Å². The minimum Gasteiger partial charge on any atom is -1.00 e. The molecule has 0 radical (unpaired) electrons. The summed E-state index contributed by atoms with van der Waals surface area (Å²) in [5, 5.41) is 2.42. The van der Waals surface area contributed by atoms with Crippen molar-refractivity contribution >= 4 is 57.2 Å². The third-order valence-electron chi connectivity index (χ3n) is 6.02. The van der Waals surface area contributed by atoms with Crippen molar-refractivity contribution in [2.24, 2.45) is 0 Å². The number of thiazole rings is 1. The Bertz CT molecular complexity index is 1710. The van der Waals surface area contributed by atoms with Gasteiger partial charge in [0.1, 0.15) is 19.1 Å². The number of carbonyl (C=O) groups excluding carboxylic acids is 1. The fourth-order valence-electron chi connectivity index (χ4n) is 4.13. The highest BCUT2D eigenvalue weighted by atomic mass is 35.5. The van der Waals surface area contributed by atoms with Gasteiger partial charge in [-0.1, -0.05) is 11.8 Å². The van der Waals surface area contributed by atoms with Crippen molar-refractivity contribution in [3.63, 3.8) is 0 Å². The summed E-state index contributed by atoms with van der Waals surface area (Å²) in [6.45, 7) is 2.79. The van der Waals surface area contributed by atoms with Crippen LogP contribution in [0.2, 0.25) is 0 Å². The molecule has 3 aromatic heterocycles. The average Bonchev–Trinajstić information content (AvgIpc) is 3.58. The number of esters is 1. The molecule has 0 bridgehead atoms. The lowest BCUT2D eigenvalue weighted by Gasteiger charge is -2.12. The number of carbonyl (C=O) groups is 1. The van der Waals surface area contributed by atoms with Crippen LogP contribution in [-0.4, -0.2) is 24.7 Å². The molecule has 0 amide bonds. The van der Waals surface area contributed by atoms with Gasteiger partial charge in [-0.05, 0) is 36.6 Å². The standard InChI is InChI=1S/C26H22F2N3O3S3.ClH/c1-4-31-19(13-16-7-5-6-11-30(16)14-15-10-12-35-21(15)26(33)34-3)36-23(24(31)32)25-29(2)18-9-8-17(27)20(28)22(18)37-25;/h5-13H,4,14H2,1-3H3;1H/q+1;/p-1/b25-23+;. The first-order valence-corrected chi connectivity index (χ1v) is 13.8. The zero-order chi connectivity index (χ0) is 26.3. The lowest BCUT2D eigenvalue weighted by molar-refractivity contribution is -0.690. The number of ether oxygens (including phenoxy) is 1. The van der Waals surface area contributed by atoms with E-state index in [-0.39, 0.29) is 28.8 Å². The van der Waals surface area contributed by atoms with Crippen molar-refractivity contribution in [1.29, 1.82) is 0 Å². The number of thioether (sulfide) groups is 1. The maximum absolute atomic E-state index is 14.5. The molecule has 0 spiro atoms. The quantitative estimate of drug-likeness (QED) is 0.250. The molecule has 0 aliphatic carbocycles. The fraction of sp³-hybridized carbons (Fsp3) is 0.192. The Morgan fingerprint density at radius 2 is 1.97 bits per heavy atom. The predicted octanol–water partition coefficient (Wildman–Crippen LogP) is 0.532. The molecule has 0 saturated heterocycles. The molecule has 6 nitrogen and oxygen atoms in total. The molecular weight excluding hydrogens is 572 g/mol. The highest BCUT2D eigenvalue weighted by Crippen LogP contribution is 2.47. The van der Waals surface area contributed by atoms with Crippen LogP contribution < -0.4 is 36.6 Å². The number of pyridine rings is 1. The number of anilines is 1. The maximum atomic E-state index is 14.5. The zero-order valence-corrected chi connectivity index (χ0v) is 23.7. The molecule has 0 unspecified atom stereocenters. The van der Waals surface area contributed by atoms with Gasteiger partial charge in [0.05, 0.1) is 17.7 Å². The van der Waals surface area contributed by atoms with Gasteiger partial charge in [-0.15, -0.1) is 22.7 Å². The van der Waals surface area contributed by atoms with Gasteiger partial charge >= 0.3 is 5.97 Å². The number of benzene rings is 1. The van der Waals surface area contributed by atoms with Crippen molar-refractivity contribution in [3.05, 3.63) is 95.3 Å². The first-order valence-electron chi connectivity index (χ1n) is 11.3. The van der Waals surface area contributed by atoms with Gasteiger partial charge in [0.15, 0.2) is 24.4 Å². The van der Waals surface area contributed by atoms with Crippen molar-refractivity contribution < 1.29 is 35.3 Å². The number of hydrogen-bond donors (Lipinski definition) is 0. The number of halogens is 3. The molecule has 38 heavy (non-hydrogen) atoms. The van der Waals surface area contributed by atoms with Crippen LogP contribution in [0.15, 0.2) is 57.7 Å². The molecule has 4 aromatic rings. The van der Waals surface area contributed by atoms with Crippen LogP contribution in [0.3, 0.4) is 0 Å². The highest BCUT2D eigenvalue weighted by molar-refractivity contribution is 8.08. The van der Waals surface area contributed by atoms with Gasteiger partial charge in [-0.3, -0.25) is 9.36 Å². The largest absolute Gasteiger partial charge is 1.00 e. The summed E-state index contributed by atoms with van der Waals surface area (Å²) in [6.07, 6.45) is 3.84. The van der Waals surface area contributed by atoms with E-state index in [1.54, 1.807) is 16.5 Å². The van der Waals surface area contributed by atoms with Gasteiger partial charge in [0.25, 0.3) is 5.56 Å². The number of thiophene rings is 1. The van der Waals surface area contributed by atoms with E-state index in [1.165, 1.54) is 35.8 Å². The summed E-state index contributed by atoms with van der Waals surface area (Å²) >= 11 is 3.71. The molecular formula is C26H22ClF2N3O3S3. The van der Waals surface area contributed by atoms with E-state index in [1.807, 2.05) is 53.4 Å². The monoisotopic (exact) mass is 593 g/mol. The molecule has 0 fully saturated rings. The Hall–Kier alpha value is -2.99. The lowest BCUT2D eigenvalue weighted by atomic mass is 10.2. The molecule has 0 N–H and O–H groups in total. The summed E-state index contributed by atoms with van der Waals surface area (Å²) in [5.74, 6) is -2.20. The van der Waals surface area contributed by atoms with Crippen molar-refractivity contribution in [1.82, 2.24) is 4.57 Å². The minimum atomic E-state index is -0.915. The van der Waals surface area contributed by atoms with Crippen LogP contribution in [-0.2, 0) is 17.8 Å². The third-order valence-corrected chi connectivity index (χ3v) is 9.47. The Labute approximate surface area is 235 Å². The Kier molecular flexibility index (Phi) is 8.41. The number of methoxy groups -OCH3 is 1. The molecule has 198 valence electrons. The Morgan fingerprint density at radius 1 is 1.18 bits per heavy atom. The van der Waals surface area contributed by atoms with Crippen LogP contribution in [0, 0.1) is 11.6 Å². The first-order chi connectivity index (χ1) is 17.8. The second-order valence-electron chi connectivity index (χ2n) is 8.16. The van der Waals surface area contributed by atoms with Gasteiger partial charge < -0.3 is 22.0 Å². The van der Waals surface area contributed by atoms with Gasteiger partial charge in [0, 0.05) is 37.4 Å². The van der Waals surface area contributed by atoms with Crippen LogP contribution in [0.1, 0.15) is 27.9 Å². The molecule has 0 atom stereocenters. The Morgan fingerprint density at radius 3 is 2.71 bits per heavy atom. The van der Waals surface area contributed by atoms with Gasteiger partial charge in [0.2, 0.25) is 5.69 Å². The Balaban J connectivity index is 0.00000336. The maximum Gasteiger partial charge on any atom is 0.348 e. The van der Waals surface area contributed by atoms with Gasteiger partial charge in [-0.25, -0.2) is 13.6 Å². The molecule has 12 heteroatoms. The van der Waals surface area contributed by atoms with E-state index in [0.29, 0.717) is 33.2 Å². The van der Waals surface area contributed by atoms with E-state index in [2.05, 4.69) is 0 Å². The molecule has 1 aliphatic rings. The molecule has 4 heterocycles. The summed E-state index contributed by atoms with van der Waals surface area (Å²) in [7, 11) is 3.11. The van der Waals surface area contributed by atoms with E-state index < -0.39 is 11.6 Å². The molecule has 1 aliphatic heterocycles. The highest BCUT2D eigenvalue weighted by Gasteiger charge is 2.29. The summed E-state index contributed by atoms with van der Waals surface area (Å²) < 4.78 is 38.0. The zero-order valence-electron chi connectivity index (χ0n) is 20.5. The van der Waals surface area contributed by atoms with Crippen molar-refractivity contribution in [2.75, 3.05) is 19.1 Å². The lowest BCUT2D eigenvalue weighted by Crippen LogP contribution is -3.00. The molecule has 0 saturated carbocycles.